The van der Waals surface area contributed by atoms with Crippen LogP contribution in [-0.4, -0.2) is 12.6 Å². The highest BCUT2D eigenvalue weighted by atomic mass is 16.5. The van der Waals surface area contributed by atoms with Gasteiger partial charge in [0.25, 0.3) is 0 Å². The Balaban J connectivity index is 1.90. The van der Waals surface area contributed by atoms with Crippen molar-refractivity contribution in [3.63, 3.8) is 0 Å². The van der Waals surface area contributed by atoms with Crippen molar-refractivity contribution in [3.05, 3.63) is 71.8 Å². The highest BCUT2D eigenvalue weighted by molar-refractivity contribution is 5.70. The first kappa shape index (κ1) is 19.7. The van der Waals surface area contributed by atoms with E-state index in [9.17, 15) is 10.1 Å². The number of carbonyl (C=O) groups is 1. The minimum atomic E-state index is -0.273. The van der Waals surface area contributed by atoms with Gasteiger partial charge in [0.1, 0.15) is 0 Å². The highest BCUT2D eigenvalue weighted by Crippen LogP contribution is 2.30. The number of nitrogens with zero attached hydrogens (tertiary/aromatic N) is 1. The zero-order valence-electron chi connectivity index (χ0n) is 15.4. The van der Waals surface area contributed by atoms with Gasteiger partial charge in [-0.2, -0.15) is 5.26 Å². The van der Waals surface area contributed by atoms with Gasteiger partial charge in [0.15, 0.2) is 0 Å². The molecule has 136 valence electrons. The van der Waals surface area contributed by atoms with Gasteiger partial charge in [0, 0.05) is 5.92 Å². The third kappa shape index (κ3) is 6.37. The minimum Gasteiger partial charge on any atom is -0.466 e. The number of unbranched alkanes of at least 4 members (excludes halogenated alkanes) is 1. The number of nitriles is 1. The van der Waals surface area contributed by atoms with E-state index in [2.05, 4.69) is 54.6 Å². The minimum absolute atomic E-state index is 0.200. The quantitative estimate of drug-likeness (QED) is 0.422. The molecule has 0 aliphatic rings. The van der Waals surface area contributed by atoms with Crippen molar-refractivity contribution in [2.45, 2.75) is 44.9 Å². The molecular formula is C23H27NO2. The van der Waals surface area contributed by atoms with E-state index in [4.69, 9.17) is 4.74 Å². The summed E-state index contributed by atoms with van der Waals surface area (Å²) in [6.45, 7) is 2.15. The van der Waals surface area contributed by atoms with Gasteiger partial charge in [0.2, 0.25) is 0 Å². The van der Waals surface area contributed by atoms with Crippen LogP contribution in [-0.2, 0) is 9.53 Å². The molecular weight excluding hydrogens is 322 g/mol. The maximum Gasteiger partial charge on any atom is 0.307 e. The molecule has 0 aliphatic carbocycles. The van der Waals surface area contributed by atoms with Gasteiger partial charge >= 0.3 is 5.97 Å². The highest BCUT2D eigenvalue weighted by Gasteiger charge is 2.16. The first-order valence-corrected chi connectivity index (χ1v) is 9.39. The second-order valence-electron chi connectivity index (χ2n) is 6.49. The molecule has 2 aromatic carbocycles. The van der Waals surface area contributed by atoms with Gasteiger partial charge in [-0.15, -0.1) is 0 Å². The van der Waals surface area contributed by atoms with E-state index in [0.29, 0.717) is 12.5 Å². The summed E-state index contributed by atoms with van der Waals surface area (Å²) in [6.07, 6.45) is 3.94. The van der Waals surface area contributed by atoms with E-state index < -0.39 is 0 Å². The van der Waals surface area contributed by atoms with Gasteiger partial charge in [-0.25, -0.2) is 0 Å². The Kier molecular flexibility index (Phi) is 8.42. The fourth-order valence-corrected chi connectivity index (χ4v) is 3.27. The van der Waals surface area contributed by atoms with Crippen molar-refractivity contribution in [3.8, 4) is 6.07 Å². The molecule has 3 nitrogen and oxygen atoms in total. The molecule has 0 fully saturated rings. The Bertz CT molecular complexity index is 652. The van der Waals surface area contributed by atoms with Crippen LogP contribution in [0, 0.1) is 17.2 Å². The molecule has 0 radical (unpaired) electrons. The summed E-state index contributed by atoms with van der Waals surface area (Å²) in [5.41, 5.74) is 2.64. The number of carbonyl (C=O) groups excluding carboxylic acids is 1. The third-order valence-electron chi connectivity index (χ3n) is 4.60. The predicted molar refractivity (Wildman–Crippen MR) is 104 cm³/mol. The van der Waals surface area contributed by atoms with Crippen LogP contribution in [0.5, 0.6) is 0 Å². The molecule has 0 aromatic heterocycles. The standard InChI is InChI=1S/C23H27NO2/c1-2-26-23(25)17-19(18-24)11-9-10-16-22(20-12-5-3-6-13-20)21-14-7-4-8-15-21/h3-8,12-15,19,22H,2,9-11,16-17H2,1H3. The van der Waals surface area contributed by atoms with Gasteiger partial charge in [-0.3, -0.25) is 4.79 Å². The monoisotopic (exact) mass is 349 g/mol. The van der Waals surface area contributed by atoms with Gasteiger partial charge in [-0.05, 0) is 30.9 Å². The molecule has 2 aromatic rings. The lowest BCUT2D eigenvalue weighted by Gasteiger charge is -2.18. The lowest BCUT2D eigenvalue weighted by molar-refractivity contribution is -0.143. The van der Waals surface area contributed by atoms with Crippen LogP contribution < -0.4 is 0 Å². The normalized spacial score (nSPS) is 11.7. The number of benzene rings is 2. The molecule has 0 heterocycles. The molecule has 3 heteroatoms. The van der Waals surface area contributed by atoms with Crippen LogP contribution in [0.1, 0.15) is 56.1 Å². The number of rotatable bonds is 10. The Morgan fingerprint density at radius 3 is 2.00 bits per heavy atom. The summed E-state index contributed by atoms with van der Waals surface area (Å²) in [5.74, 6) is -0.158. The summed E-state index contributed by atoms with van der Waals surface area (Å²) in [6, 6.07) is 23.3. The number of esters is 1. The summed E-state index contributed by atoms with van der Waals surface area (Å²) in [7, 11) is 0. The molecule has 0 spiro atoms. The summed E-state index contributed by atoms with van der Waals surface area (Å²) in [5, 5.41) is 9.25. The maximum atomic E-state index is 11.5. The van der Waals surface area contributed by atoms with Crippen LogP contribution >= 0.6 is 0 Å². The average molecular weight is 349 g/mol. The second kappa shape index (κ2) is 11.1. The topological polar surface area (TPSA) is 50.1 Å². The fraction of sp³-hybridized carbons (Fsp3) is 0.391. The SMILES string of the molecule is CCOC(=O)CC(C#N)CCCCC(c1ccccc1)c1ccccc1. The molecule has 1 atom stereocenters. The van der Waals surface area contributed by atoms with E-state index in [1.54, 1.807) is 6.92 Å². The molecule has 0 saturated heterocycles. The predicted octanol–water partition coefficient (Wildman–Crippen LogP) is 5.47. The zero-order valence-corrected chi connectivity index (χ0v) is 15.4. The van der Waals surface area contributed by atoms with E-state index in [1.165, 1.54) is 11.1 Å². The molecule has 1 unspecified atom stereocenters. The summed E-state index contributed by atoms with van der Waals surface area (Å²) in [4.78, 5) is 11.5. The molecule has 0 amide bonds. The molecule has 0 N–H and O–H groups in total. The van der Waals surface area contributed by atoms with E-state index in [1.807, 2.05) is 12.1 Å². The fourth-order valence-electron chi connectivity index (χ4n) is 3.27. The molecule has 0 saturated carbocycles. The molecule has 0 aliphatic heterocycles. The van der Waals surface area contributed by atoms with Crippen LogP contribution in [0.25, 0.3) is 0 Å². The Morgan fingerprint density at radius 2 is 1.50 bits per heavy atom. The zero-order chi connectivity index (χ0) is 18.6. The first-order chi connectivity index (χ1) is 12.7. The van der Waals surface area contributed by atoms with Crippen molar-refractivity contribution in [1.82, 2.24) is 0 Å². The summed E-state index contributed by atoms with van der Waals surface area (Å²) >= 11 is 0. The lowest BCUT2D eigenvalue weighted by Crippen LogP contribution is -2.10. The van der Waals surface area contributed by atoms with Gasteiger partial charge in [-0.1, -0.05) is 73.5 Å². The molecule has 0 bridgehead atoms. The van der Waals surface area contributed by atoms with Crippen molar-refractivity contribution >= 4 is 5.97 Å². The summed E-state index contributed by atoms with van der Waals surface area (Å²) < 4.78 is 4.94. The van der Waals surface area contributed by atoms with Crippen molar-refractivity contribution < 1.29 is 9.53 Å². The molecule has 26 heavy (non-hydrogen) atoms. The Labute approximate surface area is 156 Å². The lowest BCUT2D eigenvalue weighted by atomic mass is 9.86. The van der Waals surface area contributed by atoms with Crippen molar-refractivity contribution in [1.29, 1.82) is 5.26 Å². The van der Waals surface area contributed by atoms with E-state index in [-0.39, 0.29) is 18.3 Å². The van der Waals surface area contributed by atoms with Crippen LogP contribution in [0.3, 0.4) is 0 Å². The van der Waals surface area contributed by atoms with Gasteiger partial charge in [0.05, 0.1) is 25.0 Å². The first-order valence-electron chi connectivity index (χ1n) is 9.39. The smallest absolute Gasteiger partial charge is 0.307 e. The maximum absolute atomic E-state index is 11.5. The Morgan fingerprint density at radius 1 is 0.962 bits per heavy atom. The van der Waals surface area contributed by atoms with E-state index >= 15 is 0 Å². The average Bonchev–Trinajstić information content (AvgIpc) is 2.68. The number of hydrogen-bond acceptors (Lipinski definition) is 3. The van der Waals surface area contributed by atoms with Gasteiger partial charge < -0.3 is 4.74 Å². The largest absolute Gasteiger partial charge is 0.466 e. The Hall–Kier alpha value is -2.60. The van der Waals surface area contributed by atoms with Crippen molar-refractivity contribution in [2.75, 3.05) is 6.61 Å². The van der Waals surface area contributed by atoms with E-state index in [0.717, 1.165) is 25.7 Å². The van der Waals surface area contributed by atoms with Crippen molar-refractivity contribution in [2.24, 2.45) is 5.92 Å². The van der Waals surface area contributed by atoms with Crippen LogP contribution in [0.4, 0.5) is 0 Å². The number of hydrogen-bond donors (Lipinski definition) is 0. The van der Waals surface area contributed by atoms with Crippen LogP contribution in [0.2, 0.25) is 0 Å². The third-order valence-corrected chi connectivity index (χ3v) is 4.60. The second-order valence-corrected chi connectivity index (χ2v) is 6.49. The number of ether oxygens (including phenoxy) is 1. The molecule has 2 rings (SSSR count). The van der Waals surface area contributed by atoms with Crippen LogP contribution in [0.15, 0.2) is 60.7 Å².